The van der Waals surface area contributed by atoms with Crippen LogP contribution in [0, 0.1) is 11.8 Å². The number of carbonyl (C=O) groups is 2. The number of nitrogens with one attached hydrogen (secondary N) is 2. The predicted molar refractivity (Wildman–Crippen MR) is 106 cm³/mol. The van der Waals surface area contributed by atoms with Crippen LogP contribution >= 0.6 is 11.6 Å². The smallest absolute Gasteiger partial charge is 0.262 e. The highest BCUT2D eigenvalue weighted by atomic mass is 35.5. The molecule has 1 heterocycles. The second-order valence-electron chi connectivity index (χ2n) is 7.63. The second kappa shape index (κ2) is 8.29. The summed E-state index contributed by atoms with van der Waals surface area (Å²) in [4.78, 5) is 23.6. The largest absolute Gasteiger partial charge is 0.482 e. The van der Waals surface area contributed by atoms with Crippen molar-refractivity contribution in [3.63, 3.8) is 0 Å². The molecule has 1 aromatic carbocycles. The third-order valence-corrected chi connectivity index (χ3v) is 7.83. The van der Waals surface area contributed by atoms with Gasteiger partial charge in [0, 0.05) is 18.5 Å². The van der Waals surface area contributed by atoms with Crippen molar-refractivity contribution in [1.82, 2.24) is 5.32 Å². The number of benzene rings is 1. The number of anilines is 1. The molecule has 1 saturated carbocycles. The van der Waals surface area contributed by atoms with Gasteiger partial charge in [0.25, 0.3) is 5.91 Å². The normalized spacial score (nSPS) is 24.7. The Labute approximate surface area is 170 Å². The van der Waals surface area contributed by atoms with Crippen LogP contribution in [0.4, 0.5) is 5.69 Å². The minimum absolute atomic E-state index is 0.0142. The number of hydrogen-bond donors (Lipinski definition) is 2. The van der Waals surface area contributed by atoms with Crippen LogP contribution in [0.2, 0.25) is 5.02 Å². The van der Waals surface area contributed by atoms with Crippen molar-refractivity contribution in [1.29, 1.82) is 0 Å². The summed E-state index contributed by atoms with van der Waals surface area (Å²) in [7, 11) is -3.78. The number of carbonyl (C=O) groups excluding carboxylic acids is 2. The quantitative estimate of drug-likeness (QED) is 0.750. The standard InChI is InChI=1S/C19H25ClN2O5S/c1-11-4-3-5-14(12(11)2)21-18(23)6-7-28(25,26)17-9-16-15(8-13(17)20)22-19(24)10-27-16/h8-9,11-12,14H,3-7,10H2,1-2H3,(H,21,23)(H,22,24)/t11-,12-,14+/m1/s1. The average Bonchev–Trinajstić information content (AvgIpc) is 2.63. The van der Waals surface area contributed by atoms with Crippen LogP contribution < -0.4 is 15.4 Å². The Balaban J connectivity index is 1.65. The first-order chi connectivity index (χ1) is 13.2. The first-order valence-corrected chi connectivity index (χ1v) is 11.5. The van der Waals surface area contributed by atoms with E-state index in [2.05, 4.69) is 24.5 Å². The average molecular weight is 429 g/mol. The molecule has 0 unspecified atom stereocenters. The molecule has 3 rings (SSSR count). The molecule has 154 valence electrons. The van der Waals surface area contributed by atoms with E-state index in [1.807, 2.05) is 0 Å². The number of fused-ring (bicyclic) bond motifs is 1. The molecule has 0 radical (unpaired) electrons. The van der Waals surface area contributed by atoms with Crippen LogP contribution in [-0.4, -0.2) is 38.6 Å². The van der Waals surface area contributed by atoms with E-state index >= 15 is 0 Å². The van der Waals surface area contributed by atoms with E-state index in [1.54, 1.807) is 0 Å². The lowest BCUT2D eigenvalue weighted by atomic mass is 9.78. The van der Waals surface area contributed by atoms with Gasteiger partial charge in [-0.1, -0.05) is 38.3 Å². The summed E-state index contributed by atoms with van der Waals surface area (Å²) >= 11 is 6.11. The molecule has 1 fully saturated rings. The number of amides is 2. The van der Waals surface area contributed by atoms with Crippen LogP contribution in [0.1, 0.15) is 39.5 Å². The summed E-state index contributed by atoms with van der Waals surface area (Å²) < 4.78 is 30.7. The van der Waals surface area contributed by atoms with Gasteiger partial charge in [0.1, 0.15) is 5.75 Å². The Hall–Kier alpha value is -1.80. The zero-order valence-electron chi connectivity index (χ0n) is 16.0. The minimum Gasteiger partial charge on any atom is -0.482 e. The summed E-state index contributed by atoms with van der Waals surface area (Å²) in [5, 5.41) is 5.55. The Kier molecular flexibility index (Phi) is 6.19. The van der Waals surface area contributed by atoms with Gasteiger partial charge >= 0.3 is 0 Å². The maximum Gasteiger partial charge on any atom is 0.262 e. The summed E-state index contributed by atoms with van der Waals surface area (Å²) in [5.41, 5.74) is 0.332. The van der Waals surface area contributed by atoms with E-state index in [4.69, 9.17) is 16.3 Å². The maximum absolute atomic E-state index is 12.7. The number of ether oxygens (including phenoxy) is 1. The van der Waals surface area contributed by atoms with Gasteiger partial charge in [-0.15, -0.1) is 0 Å². The van der Waals surface area contributed by atoms with Gasteiger partial charge in [-0.25, -0.2) is 8.42 Å². The highest BCUT2D eigenvalue weighted by Gasteiger charge is 2.29. The molecule has 2 N–H and O–H groups in total. The zero-order valence-corrected chi connectivity index (χ0v) is 17.5. The Bertz CT molecular complexity index is 887. The van der Waals surface area contributed by atoms with E-state index in [9.17, 15) is 18.0 Å². The highest BCUT2D eigenvalue weighted by molar-refractivity contribution is 7.91. The molecular formula is C19H25ClN2O5S. The topological polar surface area (TPSA) is 102 Å². The fourth-order valence-corrected chi connectivity index (χ4v) is 5.55. The van der Waals surface area contributed by atoms with Gasteiger partial charge in [0.2, 0.25) is 5.91 Å². The van der Waals surface area contributed by atoms with Gasteiger partial charge in [-0.2, -0.15) is 0 Å². The van der Waals surface area contributed by atoms with Crippen LogP contribution in [-0.2, 0) is 19.4 Å². The molecule has 1 aliphatic heterocycles. The molecule has 3 atom stereocenters. The number of halogens is 1. The molecule has 2 aliphatic rings. The third-order valence-electron chi connectivity index (χ3n) is 5.65. The van der Waals surface area contributed by atoms with Gasteiger partial charge in [0.15, 0.2) is 16.4 Å². The summed E-state index contributed by atoms with van der Waals surface area (Å²) in [5.74, 6) is 0.209. The Morgan fingerprint density at radius 1 is 1.32 bits per heavy atom. The van der Waals surface area contributed by atoms with Crippen molar-refractivity contribution in [3.05, 3.63) is 17.2 Å². The van der Waals surface area contributed by atoms with Crippen molar-refractivity contribution in [2.75, 3.05) is 17.7 Å². The minimum atomic E-state index is -3.78. The van der Waals surface area contributed by atoms with Crippen LogP contribution in [0.25, 0.3) is 0 Å². The summed E-state index contributed by atoms with van der Waals surface area (Å²) in [6.45, 7) is 4.11. The first-order valence-electron chi connectivity index (χ1n) is 9.45. The fourth-order valence-electron chi connectivity index (χ4n) is 3.72. The van der Waals surface area contributed by atoms with Gasteiger partial charge in [-0.3, -0.25) is 9.59 Å². The van der Waals surface area contributed by atoms with Gasteiger partial charge in [-0.05, 0) is 24.3 Å². The number of rotatable bonds is 5. The zero-order chi connectivity index (χ0) is 20.5. The maximum atomic E-state index is 12.7. The van der Waals surface area contributed by atoms with Crippen LogP contribution in [0.3, 0.4) is 0 Å². The fraction of sp³-hybridized carbons (Fsp3) is 0.579. The van der Waals surface area contributed by atoms with Gasteiger partial charge in [0.05, 0.1) is 21.4 Å². The second-order valence-corrected chi connectivity index (χ2v) is 10.1. The van der Waals surface area contributed by atoms with Crippen molar-refractivity contribution < 1.29 is 22.7 Å². The predicted octanol–water partition coefficient (Wildman–Crippen LogP) is 2.78. The third kappa shape index (κ3) is 4.60. The SMILES string of the molecule is C[C@@H]1[C@H](C)CCC[C@@H]1NC(=O)CCS(=O)(=O)c1cc2c(cc1Cl)NC(=O)CO2. The van der Waals surface area contributed by atoms with Crippen molar-refractivity contribution in [3.8, 4) is 5.75 Å². The molecule has 0 spiro atoms. The Morgan fingerprint density at radius 3 is 2.82 bits per heavy atom. The monoisotopic (exact) mass is 428 g/mol. The van der Waals surface area contributed by atoms with E-state index in [0.717, 1.165) is 19.3 Å². The lowest BCUT2D eigenvalue weighted by Crippen LogP contribution is -2.44. The summed E-state index contributed by atoms with van der Waals surface area (Å²) in [6.07, 6.45) is 3.01. The number of sulfone groups is 1. The molecule has 0 bridgehead atoms. The lowest BCUT2D eigenvalue weighted by Gasteiger charge is -2.34. The van der Waals surface area contributed by atoms with E-state index in [0.29, 0.717) is 17.5 Å². The highest BCUT2D eigenvalue weighted by Crippen LogP contribution is 2.36. The molecule has 0 aromatic heterocycles. The molecule has 1 aromatic rings. The van der Waals surface area contributed by atoms with Crippen molar-refractivity contribution >= 4 is 38.9 Å². The molecule has 7 nitrogen and oxygen atoms in total. The Morgan fingerprint density at radius 2 is 2.07 bits per heavy atom. The van der Waals surface area contributed by atoms with Crippen LogP contribution in [0.15, 0.2) is 17.0 Å². The van der Waals surface area contributed by atoms with E-state index in [1.165, 1.54) is 12.1 Å². The van der Waals surface area contributed by atoms with Gasteiger partial charge < -0.3 is 15.4 Å². The molecule has 28 heavy (non-hydrogen) atoms. The van der Waals surface area contributed by atoms with E-state index < -0.39 is 9.84 Å². The molecule has 2 amide bonds. The van der Waals surface area contributed by atoms with E-state index in [-0.39, 0.29) is 52.3 Å². The van der Waals surface area contributed by atoms with Crippen LogP contribution in [0.5, 0.6) is 5.75 Å². The lowest BCUT2D eigenvalue weighted by molar-refractivity contribution is -0.122. The molecule has 9 heteroatoms. The van der Waals surface area contributed by atoms with Crippen molar-refractivity contribution in [2.24, 2.45) is 11.8 Å². The molecular weight excluding hydrogens is 404 g/mol. The van der Waals surface area contributed by atoms with Crippen molar-refractivity contribution in [2.45, 2.75) is 50.5 Å². The summed E-state index contributed by atoms with van der Waals surface area (Å²) in [6, 6.07) is 2.74. The first kappa shape index (κ1) is 20.9. The molecule has 0 saturated heterocycles. The number of hydrogen-bond acceptors (Lipinski definition) is 5. The molecule has 1 aliphatic carbocycles.